The number of rotatable bonds is 2. The van der Waals surface area contributed by atoms with E-state index in [0.717, 1.165) is 16.5 Å². The van der Waals surface area contributed by atoms with Crippen molar-refractivity contribution in [3.05, 3.63) is 48.4 Å². The highest BCUT2D eigenvalue weighted by Gasteiger charge is 2.12. The van der Waals surface area contributed by atoms with Gasteiger partial charge in [0.15, 0.2) is 0 Å². The van der Waals surface area contributed by atoms with Crippen molar-refractivity contribution in [3.63, 3.8) is 0 Å². The summed E-state index contributed by atoms with van der Waals surface area (Å²) >= 11 is 0. The summed E-state index contributed by atoms with van der Waals surface area (Å²) in [6, 6.07) is 10.8. The van der Waals surface area contributed by atoms with E-state index in [9.17, 15) is 4.79 Å². The Balaban J connectivity index is 2.10. The van der Waals surface area contributed by atoms with Crippen LogP contribution in [0.1, 0.15) is 10.6 Å². The van der Waals surface area contributed by atoms with E-state index in [1.165, 1.54) is 6.07 Å². The van der Waals surface area contributed by atoms with Crippen LogP contribution in [0.2, 0.25) is 0 Å². The Morgan fingerprint density at radius 3 is 2.89 bits per heavy atom. The minimum absolute atomic E-state index is 0.170. The van der Waals surface area contributed by atoms with Gasteiger partial charge in [-0.15, -0.1) is 0 Å². The van der Waals surface area contributed by atoms with Gasteiger partial charge in [-0.2, -0.15) is 0 Å². The molecular formula is C13H8N2O3. The normalized spacial score (nSPS) is 10.7. The SMILES string of the molecule is O=C(O)c1cc(-c2ccc3ncccc3c2)no1. The quantitative estimate of drug-likeness (QED) is 0.745. The van der Waals surface area contributed by atoms with E-state index in [0.29, 0.717) is 5.69 Å². The molecule has 5 nitrogen and oxygen atoms in total. The minimum atomic E-state index is -1.13. The number of aromatic nitrogens is 2. The molecule has 18 heavy (non-hydrogen) atoms. The molecule has 0 aliphatic heterocycles. The largest absolute Gasteiger partial charge is 0.475 e. The lowest BCUT2D eigenvalue weighted by molar-refractivity contribution is 0.0652. The molecule has 1 aromatic carbocycles. The molecule has 0 saturated heterocycles. The van der Waals surface area contributed by atoms with E-state index in [1.54, 1.807) is 6.20 Å². The third-order valence-corrected chi connectivity index (χ3v) is 2.62. The summed E-state index contributed by atoms with van der Waals surface area (Å²) in [6.07, 6.45) is 1.72. The number of hydrogen-bond acceptors (Lipinski definition) is 4. The number of carboxylic acid groups (broad SMARTS) is 1. The molecule has 0 fully saturated rings. The summed E-state index contributed by atoms with van der Waals surface area (Å²) in [7, 11) is 0. The van der Waals surface area contributed by atoms with Crippen molar-refractivity contribution in [2.45, 2.75) is 0 Å². The van der Waals surface area contributed by atoms with Crippen LogP contribution in [0.15, 0.2) is 47.1 Å². The number of benzene rings is 1. The molecule has 0 bridgehead atoms. The van der Waals surface area contributed by atoms with Gasteiger partial charge in [-0.05, 0) is 18.2 Å². The molecule has 0 aliphatic carbocycles. The lowest BCUT2D eigenvalue weighted by Gasteiger charge is -1.98. The standard InChI is InChI=1S/C13H8N2O3/c16-13(17)12-7-11(15-18-12)9-3-4-10-8(6-9)2-1-5-14-10/h1-7H,(H,16,17). The number of carboxylic acids is 1. The van der Waals surface area contributed by atoms with Gasteiger partial charge in [0, 0.05) is 23.2 Å². The van der Waals surface area contributed by atoms with E-state index >= 15 is 0 Å². The summed E-state index contributed by atoms with van der Waals surface area (Å²) in [5.41, 5.74) is 2.17. The second-order valence-corrected chi connectivity index (χ2v) is 3.79. The Kier molecular flexibility index (Phi) is 2.30. The molecule has 0 amide bonds. The molecular weight excluding hydrogens is 232 g/mol. The number of aromatic carboxylic acids is 1. The van der Waals surface area contributed by atoms with Crippen LogP contribution in [0, 0.1) is 0 Å². The number of hydrogen-bond donors (Lipinski definition) is 1. The zero-order chi connectivity index (χ0) is 12.5. The van der Waals surface area contributed by atoms with Crippen LogP contribution in [-0.2, 0) is 0 Å². The second-order valence-electron chi connectivity index (χ2n) is 3.79. The lowest BCUT2D eigenvalue weighted by atomic mass is 10.1. The van der Waals surface area contributed by atoms with Gasteiger partial charge in [-0.1, -0.05) is 17.3 Å². The van der Waals surface area contributed by atoms with Crippen LogP contribution < -0.4 is 0 Å². The van der Waals surface area contributed by atoms with Gasteiger partial charge in [0.2, 0.25) is 5.76 Å². The van der Waals surface area contributed by atoms with Gasteiger partial charge in [0.25, 0.3) is 0 Å². The number of pyridine rings is 1. The fourth-order valence-corrected chi connectivity index (χ4v) is 1.75. The first-order valence-corrected chi connectivity index (χ1v) is 5.29. The van der Waals surface area contributed by atoms with E-state index < -0.39 is 5.97 Å². The van der Waals surface area contributed by atoms with E-state index in [4.69, 9.17) is 9.63 Å². The molecule has 0 atom stereocenters. The summed E-state index contributed by atoms with van der Waals surface area (Å²) < 4.78 is 4.73. The van der Waals surface area contributed by atoms with Crippen molar-refractivity contribution in [3.8, 4) is 11.3 Å². The lowest BCUT2D eigenvalue weighted by Crippen LogP contribution is -1.91. The Morgan fingerprint density at radius 1 is 1.22 bits per heavy atom. The minimum Gasteiger partial charge on any atom is -0.475 e. The van der Waals surface area contributed by atoms with Crippen molar-refractivity contribution in [1.29, 1.82) is 0 Å². The van der Waals surface area contributed by atoms with Crippen LogP contribution in [-0.4, -0.2) is 21.2 Å². The number of nitrogens with zero attached hydrogens (tertiary/aromatic N) is 2. The zero-order valence-corrected chi connectivity index (χ0v) is 9.20. The molecule has 2 heterocycles. The molecule has 0 saturated carbocycles. The second kappa shape index (κ2) is 3.96. The number of carbonyl (C=O) groups is 1. The van der Waals surface area contributed by atoms with Gasteiger partial charge >= 0.3 is 5.97 Å². The maximum Gasteiger partial charge on any atom is 0.374 e. The van der Waals surface area contributed by atoms with Crippen LogP contribution in [0.3, 0.4) is 0 Å². The summed E-state index contributed by atoms with van der Waals surface area (Å²) in [5, 5.41) is 13.5. The van der Waals surface area contributed by atoms with E-state index in [2.05, 4.69) is 10.1 Å². The van der Waals surface area contributed by atoms with Gasteiger partial charge in [-0.25, -0.2) is 4.79 Å². The Hall–Kier alpha value is -2.69. The molecule has 3 aromatic rings. The molecule has 88 valence electrons. The fourth-order valence-electron chi connectivity index (χ4n) is 1.75. The predicted octanol–water partition coefficient (Wildman–Crippen LogP) is 2.59. The van der Waals surface area contributed by atoms with Crippen LogP contribution in [0.25, 0.3) is 22.2 Å². The fraction of sp³-hybridized carbons (Fsp3) is 0. The van der Waals surface area contributed by atoms with Crippen molar-refractivity contribution >= 4 is 16.9 Å². The topological polar surface area (TPSA) is 76.2 Å². The van der Waals surface area contributed by atoms with Crippen molar-refractivity contribution < 1.29 is 14.4 Å². The zero-order valence-electron chi connectivity index (χ0n) is 9.20. The maximum absolute atomic E-state index is 10.7. The maximum atomic E-state index is 10.7. The Bertz CT molecular complexity index is 734. The molecule has 2 aromatic heterocycles. The van der Waals surface area contributed by atoms with Gasteiger partial charge in [-0.3, -0.25) is 4.98 Å². The summed E-state index contributed by atoms with van der Waals surface area (Å²) in [6.45, 7) is 0. The molecule has 0 unspecified atom stereocenters. The Morgan fingerprint density at radius 2 is 2.11 bits per heavy atom. The average Bonchev–Trinajstić information content (AvgIpc) is 2.88. The first kappa shape index (κ1) is 10.5. The van der Waals surface area contributed by atoms with E-state index in [1.807, 2.05) is 30.3 Å². The van der Waals surface area contributed by atoms with Crippen LogP contribution in [0.4, 0.5) is 0 Å². The van der Waals surface area contributed by atoms with Crippen LogP contribution >= 0.6 is 0 Å². The summed E-state index contributed by atoms with van der Waals surface area (Å²) in [5.74, 6) is -1.30. The molecule has 3 rings (SSSR count). The number of fused-ring (bicyclic) bond motifs is 1. The third kappa shape index (κ3) is 1.71. The highest BCUT2D eigenvalue weighted by molar-refractivity contribution is 5.87. The van der Waals surface area contributed by atoms with Gasteiger partial charge < -0.3 is 9.63 Å². The monoisotopic (exact) mass is 240 g/mol. The molecule has 0 aliphatic rings. The molecule has 0 spiro atoms. The van der Waals surface area contributed by atoms with Gasteiger partial charge in [0.1, 0.15) is 5.69 Å². The highest BCUT2D eigenvalue weighted by atomic mass is 16.5. The van der Waals surface area contributed by atoms with Gasteiger partial charge in [0.05, 0.1) is 5.52 Å². The third-order valence-electron chi connectivity index (χ3n) is 2.62. The molecule has 1 N–H and O–H groups in total. The smallest absolute Gasteiger partial charge is 0.374 e. The van der Waals surface area contributed by atoms with Crippen molar-refractivity contribution in [2.24, 2.45) is 0 Å². The van der Waals surface area contributed by atoms with Crippen molar-refractivity contribution in [1.82, 2.24) is 10.1 Å². The Labute approximate surface area is 102 Å². The van der Waals surface area contributed by atoms with Crippen molar-refractivity contribution in [2.75, 3.05) is 0 Å². The predicted molar refractivity (Wildman–Crippen MR) is 64.2 cm³/mol. The molecule has 0 radical (unpaired) electrons. The van der Waals surface area contributed by atoms with E-state index in [-0.39, 0.29) is 5.76 Å². The first-order valence-electron chi connectivity index (χ1n) is 5.29. The summed E-state index contributed by atoms with van der Waals surface area (Å²) in [4.78, 5) is 14.9. The highest BCUT2D eigenvalue weighted by Crippen LogP contribution is 2.23. The molecule has 5 heteroatoms. The average molecular weight is 240 g/mol. The first-order chi connectivity index (χ1) is 8.74. The van der Waals surface area contributed by atoms with Crippen LogP contribution in [0.5, 0.6) is 0 Å².